The van der Waals surface area contributed by atoms with Gasteiger partial charge in [0.25, 0.3) is 0 Å². The van der Waals surface area contributed by atoms with Crippen LogP contribution in [0, 0.1) is 6.92 Å². The Labute approximate surface area is 123 Å². The summed E-state index contributed by atoms with van der Waals surface area (Å²) in [4.78, 5) is 13.9. The Morgan fingerprint density at radius 2 is 2.20 bits per heavy atom. The van der Waals surface area contributed by atoms with E-state index < -0.39 is 0 Å². The van der Waals surface area contributed by atoms with Gasteiger partial charge in [-0.15, -0.1) is 11.3 Å². The van der Waals surface area contributed by atoms with Crippen LogP contribution < -0.4 is 5.32 Å². The Hall–Kier alpha value is -1.49. The molecule has 0 unspecified atom stereocenters. The summed E-state index contributed by atoms with van der Waals surface area (Å²) >= 11 is 1.69. The highest BCUT2D eigenvalue weighted by atomic mass is 32.1. The fourth-order valence-electron chi connectivity index (χ4n) is 2.18. The zero-order chi connectivity index (χ0) is 13.9. The molecule has 1 aliphatic carbocycles. The number of nitrogens with zero attached hydrogens (tertiary/aromatic N) is 3. The fourth-order valence-corrected chi connectivity index (χ4v) is 2.80. The van der Waals surface area contributed by atoms with Gasteiger partial charge in [0, 0.05) is 36.0 Å². The van der Waals surface area contributed by atoms with Crippen LogP contribution >= 0.6 is 11.3 Å². The van der Waals surface area contributed by atoms with Gasteiger partial charge < -0.3 is 5.32 Å². The predicted octanol–water partition coefficient (Wildman–Crippen LogP) is 3.53. The van der Waals surface area contributed by atoms with Crippen LogP contribution in [0.25, 0.3) is 0 Å². The largest absolute Gasteiger partial charge is 0.370 e. The molecule has 3 rings (SSSR count). The minimum atomic E-state index is 0.577. The van der Waals surface area contributed by atoms with Crippen LogP contribution in [0.1, 0.15) is 54.2 Å². The van der Waals surface area contributed by atoms with E-state index in [1.165, 1.54) is 12.8 Å². The molecule has 2 aromatic rings. The molecule has 4 nitrogen and oxygen atoms in total. The quantitative estimate of drug-likeness (QED) is 0.883. The number of thiazole rings is 1. The summed E-state index contributed by atoms with van der Waals surface area (Å²) in [5.41, 5.74) is 2.29. The highest BCUT2D eigenvalue weighted by Gasteiger charge is 2.28. The molecule has 106 valence electrons. The standard InChI is InChI=1S/C15H20N4S/c1-3-6-17-14-10(2)12(9-13-16-7-8-20-13)18-15(19-14)11-4-5-11/h7-8,11H,3-6,9H2,1-2H3,(H,17,18,19). The van der Waals surface area contributed by atoms with Gasteiger partial charge in [-0.25, -0.2) is 15.0 Å². The third-order valence-corrected chi connectivity index (χ3v) is 4.33. The Balaban J connectivity index is 1.91. The third-order valence-electron chi connectivity index (χ3n) is 3.55. The first-order valence-electron chi connectivity index (χ1n) is 7.27. The first kappa shape index (κ1) is 13.5. The maximum absolute atomic E-state index is 4.79. The maximum atomic E-state index is 4.79. The fraction of sp³-hybridized carbons (Fsp3) is 0.533. The van der Waals surface area contributed by atoms with Gasteiger partial charge in [-0.3, -0.25) is 0 Å². The lowest BCUT2D eigenvalue weighted by Gasteiger charge is -2.13. The number of nitrogens with one attached hydrogen (secondary N) is 1. The molecular formula is C15H20N4S. The smallest absolute Gasteiger partial charge is 0.134 e. The highest BCUT2D eigenvalue weighted by Crippen LogP contribution is 2.39. The molecule has 0 atom stereocenters. The van der Waals surface area contributed by atoms with E-state index in [1.54, 1.807) is 11.3 Å². The average molecular weight is 288 g/mol. The van der Waals surface area contributed by atoms with Crippen molar-refractivity contribution in [1.29, 1.82) is 0 Å². The van der Waals surface area contributed by atoms with E-state index in [-0.39, 0.29) is 0 Å². The number of aromatic nitrogens is 3. The molecule has 2 heterocycles. The van der Waals surface area contributed by atoms with Gasteiger partial charge in [-0.1, -0.05) is 6.92 Å². The van der Waals surface area contributed by atoms with E-state index in [2.05, 4.69) is 24.1 Å². The molecule has 1 saturated carbocycles. The minimum Gasteiger partial charge on any atom is -0.370 e. The summed E-state index contributed by atoms with van der Waals surface area (Å²) in [5.74, 6) is 2.60. The van der Waals surface area contributed by atoms with E-state index >= 15 is 0 Å². The summed E-state index contributed by atoms with van der Waals surface area (Å²) in [7, 11) is 0. The first-order valence-corrected chi connectivity index (χ1v) is 8.15. The molecule has 5 heteroatoms. The maximum Gasteiger partial charge on any atom is 0.134 e. The van der Waals surface area contributed by atoms with E-state index in [1.807, 2.05) is 11.6 Å². The SMILES string of the molecule is CCCNc1nc(C2CC2)nc(Cc2nccs2)c1C. The summed E-state index contributed by atoms with van der Waals surface area (Å²) in [6, 6.07) is 0. The summed E-state index contributed by atoms with van der Waals surface area (Å²) < 4.78 is 0. The van der Waals surface area contributed by atoms with E-state index in [0.717, 1.165) is 47.3 Å². The van der Waals surface area contributed by atoms with Crippen molar-refractivity contribution in [3.63, 3.8) is 0 Å². The Morgan fingerprint density at radius 1 is 1.35 bits per heavy atom. The van der Waals surface area contributed by atoms with E-state index in [4.69, 9.17) is 9.97 Å². The van der Waals surface area contributed by atoms with Gasteiger partial charge >= 0.3 is 0 Å². The number of hydrogen-bond acceptors (Lipinski definition) is 5. The molecule has 1 N–H and O–H groups in total. The lowest BCUT2D eigenvalue weighted by atomic mass is 10.1. The van der Waals surface area contributed by atoms with Crippen molar-refractivity contribution in [2.75, 3.05) is 11.9 Å². The third kappa shape index (κ3) is 2.98. The van der Waals surface area contributed by atoms with Crippen molar-refractivity contribution in [2.24, 2.45) is 0 Å². The average Bonchev–Trinajstić information content (AvgIpc) is 3.18. The van der Waals surface area contributed by atoms with Crippen LogP contribution in [-0.4, -0.2) is 21.5 Å². The second-order valence-corrected chi connectivity index (χ2v) is 6.28. The zero-order valence-corrected chi connectivity index (χ0v) is 12.8. The van der Waals surface area contributed by atoms with Gasteiger partial charge in [-0.05, 0) is 26.2 Å². The van der Waals surface area contributed by atoms with Crippen LogP contribution in [-0.2, 0) is 6.42 Å². The molecule has 1 aliphatic rings. The summed E-state index contributed by atoms with van der Waals surface area (Å²) in [6.07, 6.45) is 6.23. The van der Waals surface area contributed by atoms with Gasteiger partial charge in [0.05, 0.1) is 10.7 Å². The predicted molar refractivity (Wildman–Crippen MR) is 82.4 cm³/mol. The molecule has 2 aromatic heterocycles. The number of rotatable bonds is 6. The van der Waals surface area contributed by atoms with Crippen molar-refractivity contribution in [1.82, 2.24) is 15.0 Å². The Bertz CT molecular complexity index is 576. The van der Waals surface area contributed by atoms with Crippen LogP contribution in [0.3, 0.4) is 0 Å². The second-order valence-electron chi connectivity index (χ2n) is 5.31. The number of hydrogen-bond donors (Lipinski definition) is 1. The Morgan fingerprint density at radius 3 is 2.85 bits per heavy atom. The molecule has 0 saturated heterocycles. The van der Waals surface area contributed by atoms with Crippen molar-refractivity contribution in [2.45, 2.75) is 45.4 Å². The van der Waals surface area contributed by atoms with Gasteiger partial charge in [0.15, 0.2) is 0 Å². The van der Waals surface area contributed by atoms with E-state index in [0.29, 0.717) is 5.92 Å². The molecule has 1 fully saturated rings. The van der Waals surface area contributed by atoms with Crippen molar-refractivity contribution >= 4 is 17.2 Å². The van der Waals surface area contributed by atoms with Crippen LogP contribution in [0.2, 0.25) is 0 Å². The molecule has 0 radical (unpaired) electrons. The summed E-state index contributed by atoms with van der Waals surface area (Å²) in [6.45, 7) is 5.23. The lowest BCUT2D eigenvalue weighted by molar-refractivity contribution is 0.862. The van der Waals surface area contributed by atoms with Gasteiger partial charge in [0.2, 0.25) is 0 Å². The molecule has 20 heavy (non-hydrogen) atoms. The molecule has 0 bridgehead atoms. The van der Waals surface area contributed by atoms with Crippen LogP contribution in [0.4, 0.5) is 5.82 Å². The molecular weight excluding hydrogens is 268 g/mol. The minimum absolute atomic E-state index is 0.577. The Kier molecular flexibility index (Phi) is 3.96. The van der Waals surface area contributed by atoms with Gasteiger partial charge in [0.1, 0.15) is 11.6 Å². The summed E-state index contributed by atoms with van der Waals surface area (Å²) in [5, 5.41) is 6.58. The van der Waals surface area contributed by atoms with Crippen molar-refractivity contribution < 1.29 is 0 Å². The zero-order valence-electron chi connectivity index (χ0n) is 12.0. The molecule has 0 aromatic carbocycles. The van der Waals surface area contributed by atoms with Gasteiger partial charge in [-0.2, -0.15) is 0 Å². The highest BCUT2D eigenvalue weighted by molar-refractivity contribution is 7.09. The monoisotopic (exact) mass is 288 g/mol. The number of anilines is 1. The molecule has 0 spiro atoms. The molecule has 0 aliphatic heterocycles. The second kappa shape index (κ2) is 5.87. The molecule has 0 amide bonds. The van der Waals surface area contributed by atoms with E-state index in [9.17, 15) is 0 Å². The topological polar surface area (TPSA) is 50.7 Å². The van der Waals surface area contributed by atoms with Crippen molar-refractivity contribution in [3.8, 4) is 0 Å². The first-order chi connectivity index (χ1) is 9.78. The normalized spacial score (nSPS) is 14.5. The lowest BCUT2D eigenvalue weighted by Crippen LogP contribution is -2.10. The van der Waals surface area contributed by atoms with Crippen LogP contribution in [0.5, 0.6) is 0 Å². The van der Waals surface area contributed by atoms with Crippen LogP contribution in [0.15, 0.2) is 11.6 Å². The van der Waals surface area contributed by atoms with Crippen molar-refractivity contribution in [3.05, 3.63) is 33.7 Å².